The van der Waals surface area contributed by atoms with E-state index in [1.807, 2.05) is 13.8 Å². The van der Waals surface area contributed by atoms with Crippen molar-refractivity contribution < 1.29 is 9.90 Å². The van der Waals surface area contributed by atoms with Crippen molar-refractivity contribution in [1.29, 1.82) is 0 Å². The normalized spacial score (nSPS) is 11.2. The van der Waals surface area contributed by atoms with Gasteiger partial charge >= 0.3 is 5.97 Å². The van der Waals surface area contributed by atoms with Crippen LogP contribution in [0.1, 0.15) is 35.9 Å². The molecule has 2 aromatic heterocycles. The lowest BCUT2D eigenvalue weighted by molar-refractivity contribution is 0.0687. The van der Waals surface area contributed by atoms with Crippen LogP contribution in [0.4, 0.5) is 0 Å². The first-order valence-corrected chi connectivity index (χ1v) is 5.16. The largest absolute Gasteiger partial charge is 0.477 e. The lowest BCUT2D eigenvalue weighted by Crippen LogP contribution is -2.09. The number of fused-ring (bicyclic) bond motifs is 1. The molecule has 0 amide bonds. The van der Waals surface area contributed by atoms with Gasteiger partial charge in [0, 0.05) is 5.69 Å². The molecule has 0 spiro atoms. The minimum Gasteiger partial charge on any atom is -0.477 e. The summed E-state index contributed by atoms with van der Waals surface area (Å²) in [7, 11) is 0. The molecule has 6 heteroatoms. The zero-order valence-electron chi connectivity index (χ0n) is 8.81. The van der Waals surface area contributed by atoms with Crippen LogP contribution in [-0.2, 0) is 0 Å². The van der Waals surface area contributed by atoms with E-state index < -0.39 is 5.97 Å². The molecule has 5 nitrogen and oxygen atoms in total. The second-order valence-corrected chi connectivity index (χ2v) is 4.16. The van der Waals surface area contributed by atoms with Gasteiger partial charge in [-0.15, -0.1) is 0 Å². The average Bonchev–Trinajstić information content (AvgIpc) is 2.59. The third kappa shape index (κ3) is 1.63. The summed E-state index contributed by atoms with van der Waals surface area (Å²) >= 11 is 5.89. The molecule has 2 aromatic rings. The number of rotatable bonds is 2. The summed E-state index contributed by atoms with van der Waals surface area (Å²) in [6.07, 6.45) is 1.39. The van der Waals surface area contributed by atoms with Gasteiger partial charge in [-0.05, 0) is 12.0 Å². The highest BCUT2D eigenvalue weighted by molar-refractivity contribution is 6.33. The maximum atomic E-state index is 11.1. The van der Waals surface area contributed by atoms with E-state index in [1.165, 1.54) is 16.8 Å². The van der Waals surface area contributed by atoms with Crippen LogP contribution >= 0.6 is 11.6 Å². The Morgan fingerprint density at radius 1 is 1.56 bits per heavy atom. The third-order valence-electron chi connectivity index (χ3n) is 2.26. The minimum absolute atomic E-state index is 0.0700. The number of hydrogen-bond donors (Lipinski definition) is 1. The summed E-state index contributed by atoms with van der Waals surface area (Å²) in [6, 6.07) is 1.52. The Balaban J connectivity index is 2.81. The van der Waals surface area contributed by atoms with Crippen LogP contribution in [0.25, 0.3) is 5.65 Å². The monoisotopic (exact) mass is 239 g/mol. The highest BCUT2D eigenvalue weighted by Gasteiger charge is 2.16. The second kappa shape index (κ2) is 3.75. The van der Waals surface area contributed by atoms with Gasteiger partial charge < -0.3 is 5.11 Å². The van der Waals surface area contributed by atoms with E-state index in [-0.39, 0.29) is 11.6 Å². The Kier molecular flexibility index (Phi) is 2.55. The summed E-state index contributed by atoms with van der Waals surface area (Å²) in [6.45, 7) is 3.88. The zero-order valence-corrected chi connectivity index (χ0v) is 9.56. The molecule has 16 heavy (non-hydrogen) atoms. The molecule has 0 saturated carbocycles. The Labute approximate surface area is 96.7 Å². The molecule has 1 N–H and O–H groups in total. The summed E-state index contributed by atoms with van der Waals surface area (Å²) in [4.78, 5) is 15.3. The van der Waals surface area contributed by atoms with Gasteiger partial charge in [0.15, 0.2) is 11.3 Å². The topological polar surface area (TPSA) is 67.5 Å². The molecule has 0 aliphatic rings. The van der Waals surface area contributed by atoms with E-state index in [2.05, 4.69) is 10.1 Å². The number of halogens is 1. The molecule has 0 radical (unpaired) electrons. The number of carboxylic acids is 1. The van der Waals surface area contributed by atoms with Gasteiger partial charge in [-0.1, -0.05) is 25.4 Å². The number of hydrogen-bond acceptors (Lipinski definition) is 3. The fraction of sp³-hybridized carbons (Fsp3) is 0.300. The molecule has 0 bridgehead atoms. The molecule has 2 heterocycles. The highest BCUT2D eigenvalue weighted by Crippen LogP contribution is 2.20. The lowest BCUT2D eigenvalue weighted by atomic mass is 10.1. The molecular formula is C10H10ClN3O2. The fourth-order valence-electron chi connectivity index (χ4n) is 1.40. The number of aromatic nitrogens is 3. The fourth-order valence-corrected chi connectivity index (χ4v) is 1.57. The molecule has 0 atom stereocenters. The molecule has 0 unspecified atom stereocenters. The van der Waals surface area contributed by atoms with Crippen molar-refractivity contribution >= 4 is 23.2 Å². The number of carboxylic acid groups (broad SMARTS) is 1. The summed E-state index contributed by atoms with van der Waals surface area (Å²) in [5.41, 5.74) is 1.14. The zero-order chi connectivity index (χ0) is 11.9. The van der Waals surface area contributed by atoms with Gasteiger partial charge in [-0.25, -0.2) is 14.3 Å². The summed E-state index contributed by atoms with van der Waals surface area (Å²) in [5, 5.41) is 13.3. The summed E-state index contributed by atoms with van der Waals surface area (Å²) in [5.74, 6) is -0.914. The van der Waals surface area contributed by atoms with Gasteiger partial charge in [0.05, 0.1) is 6.20 Å². The van der Waals surface area contributed by atoms with Crippen LogP contribution in [0, 0.1) is 0 Å². The lowest BCUT2D eigenvalue weighted by Gasteiger charge is -2.07. The molecule has 0 saturated heterocycles. The second-order valence-electron chi connectivity index (χ2n) is 3.75. The number of nitrogens with zero attached hydrogens (tertiary/aromatic N) is 3. The standard InChI is InChI=1S/C10H10ClN3O2/c1-5(2)7-3-8(10(15)16)14-9(13-7)6(11)4-12-14/h3-5H,1-2H3,(H,15,16). The first-order chi connectivity index (χ1) is 7.50. The van der Waals surface area contributed by atoms with Crippen molar-refractivity contribution in [2.45, 2.75) is 19.8 Å². The number of aromatic carboxylic acids is 1. The van der Waals surface area contributed by atoms with Gasteiger partial charge in [0.25, 0.3) is 0 Å². The van der Waals surface area contributed by atoms with Gasteiger partial charge in [0.2, 0.25) is 0 Å². The molecule has 0 fully saturated rings. The highest BCUT2D eigenvalue weighted by atomic mass is 35.5. The van der Waals surface area contributed by atoms with Crippen molar-refractivity contribution in [3.63, 3.8) is 0 Å². The van der Waals surface area contributed by atoms with E-state index in [4.69, 9.17) is 16.7 Å². The van der Waals surface area contributed by atoms with E-state index in [0.717, 1.165) is 0 Å². The smallest absolute Gasteiger partial charge is 0.354 e. The predicted molar refractivity (Wildman–Crippen MR) is 59.0 cm³/mol. The molecule has 0 aliphatic heterocycles. The Morgan fingerprint density at radius 3 is 2.81 bits per heavy atom. The predicted octanol–water partition coefficient (Wildman–Crippen LogP) is 2.20. The molecule has 0 aromatic carbocycles. The Morgan fingerprint density at radius 2 is 2.25 bits per heavy atom. The van der Waals surface area contributed by atoms with E-state index >= 15 is 0 Å². The Hall–Kier alpha value is -1.62. The molecule has 2 rings (SSSR count). The van der Waals surface area contributed by atoms with E-state index in [1.54, 1.807) is 0 Å². The van der Waals surface area contributed by atoms with Crippen molar-refractivity contribution in [2.75, 3.05) is 0 Å². The Bertz CT molecular complexity index is 562. The van der Waals surface area contributed by atoms with Crippen molar-refractivity contribution in [3.05, 3.63) is 28.7 Å². The average molecular weight is 240 g/mol. The van der Waals surface area contributed by atoms with Gasteiger partial charge in [-0.3, -0.25) is 0 Å². The maximum absolute atomic E-state index is 11.1. The van der Waals surface area contributed by atoms with Gasteiger partial charge in [0.1, 0.15) is 5.02 Å². The first kappa shape index (κ1) is 10.9. The van der Waals surface area contributed by atoms with E-state index in [9.17, 15) is 4.79 Å². The quantitative estimate of drug-likeness (QED) is 0.873. The summed E-state index contributed by atoms with van der Waals surface area (Å²) < 4.78 is 1.23. The van der Waals surface area contributed by atoms with Gasteiger partial charge in [-0.2, -0.15) is 5.10 Å². The van der Waals surface area contributed by atoms with Crippen LogP contribution in [0.15, 0.2) is 12.3 Å². The van der Waals surface area contributed by atoms with Crippen LogP contribution in [0.2, 0.25) is 5.02 Å². The number of carbonyl (C=O) groups is 1. The van der Waals surface area contributed by atoms with Crippen molar-refractivity contribution in [2.24, 2.45) is 0 Å². The SMILES string of the molecule is CC(C)c1cc(C(=O)O)n2ncc(Cl)c2n1. The van der Waals surface area contributed by atoms with E-state index in [0.29, 0.717) is 16.4 Å². The van der Waals surface area contributed by atoms with Crippen LogP contribution in [0.3, 0.4) is 0 Å². The molecule has 0 aliphatic carbocycles. The van der Waals surface area contributed by atoms with Crippen molar-refractivity contribution in [3.8, 4) is 0 Å². The molecular weight excluding hydrogens is 230 g/mol. The van der Waals surface area contributed by atoms with Crippen LogP contribution < -0.4 is 0 Å². The third-order valence-corrected chi connectivity index (χ3v) is 2.53. The molecule has 84 valence electrons. The minimum atomic E-state index is -1.05. The van der Waals surface area contributed by atoms with Crippen molar-refractivity contribution in [1.82, 2.24) is 14.6 Å². The first-order valence-electron chi connectivity index (χ1n) is 4.78. The van der Waals surface area contributed by atoms with Crippen LogP contribution in [0.5, 0.6) is 0 Å². The maximum Gasteiger partial charge on any atom is 0.354 e. The van der Waals surface area contributed by atoms with Crippen LogP contribution in [-0.4, -0.2) is 25.7 Å².